The third-order valence-electron chi connectivity index (χ3n) is 2.71. The number of benzene rings is 1. The first kappa shape index (κ1) is 13.1. The molecule has 0 saturated carbocycles. The van der Waals surface area contributed by atoms with Crippen molar-refractivity contribution in [1.29, 1.82) is 0 Å². The van der Waals surface area contributed by atoms with Gasteiger partial charge >= 0.3 is 0 Å². The average Bonchev–Trinajstić information content (AvgIpc) is 2.57. The summed E-state index contributed by atoms with van der Waals surface area (Å²) in [6, 6.07) is 6.65. The smallest absolute Gasteiger partial charge is 0.207 e. The maximum atomic E-state index is 4.52. The molecule has 96 valence electrons. The van der Waals surface area contributed by atoms with Gasteiger partial charge in [-0.05, 0) is 51.5 Å². The zero-order chi connectivity index (χ0) is 13.3. The van der Waals surface area contributed by atoms with Gasteiger partial charge in [-0.15, -0.1) is 0 Å². The average molecular weight is 308 g/mol. The van der Waals surface area contributed by atoms with Gasteiger partial charge in [0, 0.05) is 22.4 Å². The van der Waals surface area contributed by atoms with E-state index >= 15 is 0 Å². The molecule has 0 saturated heterocycles. The lowest BCUT2D eigenvalue weighted by atomic mass is 10.2. The van der Waals surface area contributed by atoms with Gasteiger partial charge in [0.1, 0.15) is 0 Å². The fraction of sp³-hybridized carbons (Fsp3) is 0.357. The lowest BCUT2D eigenvalue weighted by Gasteiger charge is -2.13. The molecule has 18 heavy (non-hydrogen) atoms. The Bertz CT molecular complexity index is 538. The van der Waals surface area contributed by atoms with Crippen LogP contribution in [0.2, 0.25) is 0 Å². The monoisotopic (exact) mass is 307 g/mol. The highest BCUT2D eigenvalue weighted by Gasteiger charge is 2.09. The van der Waals surface area contributed by atoms with Gasteiger partial charge in [0.05, 0.1) is 5.69 Å². The number of halogens is 1. The van der Waals surface area contributed by atoms with Crippen LogP contribution in [0.25, 0.3) is 0 Å². The highest BCUT2D eigenvalue weighted by Crippen LogP contribution is 2.24. The Morgan fingerprint density at radius 2 is 1.94 bits per heavy atom. The fourth-order valence-corrected chi connectivity index (χ4v) is 2.55. The highest BCUT2D eigenvalue weighted by molar-refractivity contribution is 9.10. The molecule has 1 N–H and O–H groups in total. The Morgan fingerprint density at radius 1 is 1.22 bits per heavy atom. The molecule has 1 aromatic carbocycles. The Balaban J connectivity index is 2.33. The molecular formula is C14H18BrN3. The summed E-state index contributed by atoms with van der Waals surface area (Å²) in [5.74, 6) is 0.889. The van der Waals surface area contributed by atoms with E-state index in [1.54, 1.807) is 0 Å². The van der Waals surface area contributed by atoms with E-state index in [2.05, 4.69) is 76.0 Å². The quantitative estimate of drug-likeness (QED) is 0.899. The third kappa shape index (κ3) is 2.93. The molecule has 2 aromatic rings. The number of hydrogen-bond donors (Lipinski definition) is 1. The Hall–Kier alpha value is -1.29. The molecule has 0 amide bonds. The van der Waals surface area contributed by atoms with Crippen molar-refractivity contribution < 1.29 is 0 Å². The summed E-state index contributed by atoms with van der Waals surface area (Å²) < 4.78 is 3.22. The maximum absolute atomic E-state index is 4.52. The molecule has 0 unspecified atom stereocenters. The Labute approximate surface area is 116 Å². The normalized spacial score (nSPS) is 11.0. The van der Waals surface area contributed by atoms with Crippen molar-refractivity contribution in [3.05, 3.63) is 40.1 Å². The van der Waals surface area contributed by atoms with Gasteiger partial charge in [-0.3, -0.25) is 0 Å². The minimum absolute atomic E-state index is 0.391. The van der Waals surface area contributed by atoms with E-state index in [4.69, 9.17) is 0 Å². The summed E-state index contributed by atoms with van der Waals surface area (Å²) >= 11 is 3.51. The molecule has 2 rings (SSSR count). The second-order valence-electron chi connectivity index (χ2n) is 4.85. The number of rotatable bonds is 3. The summed E-state index contributed by atoms with van der Waals surface area (Å²) in [6.45, 7) is 8.39. The molecule has 0 aliphatic heterocycles. The van der Waals surface area contributed by atoms with Crippen molar-refractivity contribution in [2.75, 3.05) is 5.32 Å². The molecule has 0 aliphatic rings. The molecule has 0 atom stereocenters. The number of nitrogens with one attached hydrogen (secondary N) is 1. The van der Waals surface area contributed by atoms with Crippen molar-refractivity contribution in [1.82, 2.24) is 9.55 Å². The van der Waals surface area contributed by atoms with Crippen LogP contribution in [-0.2, 0) is 0 Å². The zero-order valence-electron chi connectivity index (χ0n) is 11.2. The van der Waals surface area contributed by atoms with Gasteiger partial charge in [0.2, 0.25) is 5.95 Å². The van der Waals surface area contributed by atoms with Crippen LogP contribution in [0.4, 0.5) is 11.6 Å². The Morgan fingerprint density at radius 3 is 2.56 bits per heavy atom. The second kappa shape index (κ2) is 5.14. The van der Waals surface area contributed by atoms with Gasteiger partial charge in [0.25, 0.3) is 0 Å². The molecule has 0 radical (unpaired) electrons. The second-order valence-corrected chi connectivity index (χ2v) is 5.76. The van der Waals surface area contributed by atoms with E-state index in [1.165, 1.54) is 5.56 Å². The molecule has 0 spiro atoms. The first-order chi connectivity index (χ1) is 8.45. The predicted octanol–water partition coefficient (Wildman–Crippen LogP) is 4.59. The van der Waals surface area contributed by atoms with Gasteiger partial charge in [-0.1, -0.05) is 15.9 Å². The lowest BCUT2D eigenvalue weighted by Crippen LogP contribution is -2.05. The standard InChI is InChI=1S/C14H18BrN3/c1-9(2)18-8-11(4)16-14(18)17-13-6-10(3)5-12(15)7-13/h5-9H,1-4H3,(H,16,17). The lowest BCUT2D eigenvalue weighted by molar-refractivity contribution is 0.607. The van der Waals surface area contributed by atoms with Crippen LogP contribution < -0.4 is 5.32 Å². The zero-order valence-corrected chi connectivity index (χ0v) is 12.7. The minimum Gasteiger partial charge on any atom is -0.326 e. The van der Waals surface area contributed by atoms with Crippen LogP contribution in [0.5, 0.6) is 0 Å². The Kier molecular flexibility index (Phi) is 3.76. The van der Waals surface area contributed by atoms with Crippen molar-refractivity contribution in [3.8, 4) is 0 Å². The highest BCUT2D eigenvalue weighted by atomic mass is 79.9. The number of aryl methyl sites for hydroxylation is 2. The molecule has 0 bridgehead atoms. The van der Waals surface area contributed by atoms with Gasteiger partial charge < -0.3 is 9.88 Å². The van der Waals surface area contributed by atoms with Crippen molar-refractivity contribution in [3.63, 3.8) is 0 Å². The summed E-state index contributed by atoms with van der Waals surface area (Å²) in [7, 11) is 0. The number of imidazole rings is 1. The summed E-state index contributed by atoms with van der Waals surface area (Å²) in [5, 5.41) is 3.38. The number of nitrogens with zero attached hydrogens (tertiary/aromatic N) is 2. The largest absolute Gasteiger partial charge is 0.326 e. The number of aromatic nitrogens is 2. The van der Waals surface area contributed by atoms with Gasteiger partial charge in [-0.2, -0.15) is 0 Å². The number of anilines is 2. The van der Waals surface area contributed by atoms with E-state index in [0.29, 0.717) is 6.04 Å². The summed E-state index contributed by atoms with van der Waals surface area (Å²) in [6.07, 6.45) is 2.07. The van der Waals surface area contributed by atoms with Gasteiger partial charge in [0.15, 0.2) is 0 Å². The molecule has 3 nitrogen and oxygen atoms in total. The predicted molar refractivity (Wildman–Crippen MR) is 79.5 cm³/mol. The van der Waals surface area contributed by atoms with Crippen LogP contribution >= 0.6 is 15.9 Å². The minimum atomic E-state index is 0.391. The summed E-state index contributed by atoms with van der Waals surface area (Å²) in [5.41, 5.74) is 3.29. The number of hydrogen-bond acceptors (Lipinski definition) is 2. The third-order valence-corrected chi connectivity index (χ3v) is 3.17. The SMILES string of the molecule is Cc1cc(Br)cc(Nc2nc(C)cn2C(C)C)c1. The molecule has 0 aliphatic carbocycles. The van der Waals surface area contributed by atoms with E-state index in [0.717, 1.165) is 21.8 Å². The van der Waals surface area contributed by atoms with Crippen LogP contribution in [0.1, 0.15) is 31.1 Å². The van der Waals surface area contributed by atoms with Crippen LogP contribution in [0, 0.1) is 13.8 Å². The van der Waals surface area contributed by atoms with Crippen LogP contribution in [0.15, 0.2) is 28.9 Å². The molecule has 4 heteroatoms. The van der Waals surface area contributed by atoms with Gasteiger partial charge in [-0.25, -0.2) is 4.98 Å². The van der Waals surface area contributed by atoms with E-state index in [-0.39, 0.29) is 0 Å². The fourth-order valence-electron chi connectivity index (χ4n) is 1.94. The van der Waals surface area contributed by atoms with Crippen molar-refractivity contribution in [2.45, 2.75) is 33.7 Å². The van der Waals surface area contributed by atoms with E-state index < -0.39 is 0 Å². The first-order valence-corrected chi connectivity index (χ1v) is 6.84. The summed E-state index contributed by atoms with van der Waals surface area (Å²) in [4.78, 5) is 4.52. The molecule has 0 fully saturated rings. The van der Waals surface area contributed by atoms with E-state index in [1.807, 2.05) is 6.92 Å². The molecule has 1 aromatic heterocycles. The maximum Gasteiger partial charge on any atom is 0.207 e. The van der Waals surface area contributed by atoms with E-state index in [9.17, 15) is 0 Å². The van der Waals surface area contributed by atoms with Crippen molar-refractivity contribution >= 4 is 27.6 Å². The van der Waals surface area contributed by atoms with Crippen LogP contribution in [-0.4, -0.2) is 9.55 Å². The molecule has 1 heterocycles. The molecular weight excluding hydrogens is 290 g/mol. The topological polar surface area (TPSA) is 29.9 Å². The first-order valence-electron chi connectivity index (χ1n) is 6.05. The van der Waals surface area contributed by atoms with Crippen molar-refractivity contribution in [2.24, 2.45) is 0 Å². The van der Waals surface area contributed by atoms with Crippen LogP contribution in [0.3, 0.4) is 0 Å².